The van der Waals surface area contributed by atoms with Crippen LogP contribution in [0.25, 0.3) is 0 Å². The maximum Gasteiger partial charge on any atom is 0.408 e. The Morgan fingerprint density at radius 1 is 0.914 bits per heavy atom. The molecule has 14 heteroatoms. The zero-order chi connectivity index (χ0) is 40.3. The third kappa shape index (κ3) is 9.51. The van der Waals surface area contributed by atoms with Gasteiger partial charge in [0.2, 0.25) is 5.91 Å². The zero-order valence-corrected chi connectivity index (χ0v) is 34.6. The lowest BCUT2D eigenvalue weighted by Gasteiger charge is -2.49. The van der Waals surface area contributed by atoms with E-state index in [9.17, 15) is 24.0 Å². The Morgan fingerprint density at radius 3 is 2.12 bits per heavy atom. The van der Waals surface area contributed by atoms with Gasteiger partial charge in [0, 0.05) is 42.1 Å². The van der Waals surface area contributed by atoms with Crippen LogP contribution in [0.15, 0.2) is 132 Å². The predicted molar refractivity (Wildman–Crippen MR) is 211 cm³/mol. The minimum absolute atomic E-state index is 0. The molecule has 0 aliphatic carbocycles. The molecule has 0 bridgehead atoms. The summed E-state index contributed by atoms with van der Waals surface area (Å²) < 4.78 is 13.6. The number of aromatic nitrogens is 1. The van der Waals surface area contributed by atoms with Gasteiger partial charge in [0.05, 0.1) is 5.56 Å². The Kier molecular flexibility index (Phi) is 12.9. The van der Waals surface area contributed by atoms with Gasteiger partial charge in [-0.15, -0.1) is 11.8 Å². The lowest BCUT2D eigenvalue weighted by molar-refractivity contribution is -0.688. The third-order valence-electron chi connectivity index (χ3n) is 9.75. The number of nitrogens with zero attached hydrogens (tertiary/aromatic N) is 3. The second-order valence-corrected chi connectivity index (χ2v) is 16.1. The molecule has 3 amide bonds. The number of nitrogens with one attached hydrogen (secondary N) is 1. The molecule has 3 aliphatic rings. The molecular formula is C44H43BrN4O8S. The molecule has 2 atom stereocenters. The highest BCUT2D eigenvalue weighted by Gasteiger charge is 2.55. The van der Waals surface area contributed by atoms with Gasteiger partial charge in [-0.25, -0.2) is 19.0 Å². The fraction of sp³-hybridized carbons (Fsp3) is 0.273. The summed E-state index contributed by atoms with van der Waals surface area (Å²) in [5.41, 5.74) is 3.92. The van der Waals surface area contributed by atoms with E-state index in [2.05, 4.69) is 5.32 Å². The molecule has 2 N–H and O–H groups in total. The van der Waals surface area contributed by atoms with Gasteiger partial charge >= 0.3 is 18.0 Å². The number of allylic oxidation sites excluding steroid dienone is 1. The van der Waals surface area contributed by atoms with Crippen LogP contribution < -0.4 is 26.9 Å². The van der Waals surface area contributed by atoms with E-state index in [1.165, 1.54) is 16.7 Å². The fourth-order valence-electron chi connectivity index (χ4n) is 6.97. The Bertz CT molecular complexity index is 2200. The van der Waals surface area contributed by atoms with Crippen LogP contribution in [-0.4, -0.2) is 74.1 Å². The van der Waals surface area contributed by atoms with Crippen LogP contribution in [0.3, 0.4) is 0 Å². The minimum Gasteiger partial charge on any atom is -1.00 e. The Labute approximate surface area is 351 Å². The van der Waals surface area contributed by atoms with Crippen LogP contribution >= 0.6 is 11.8 Å². The van der Waals surface area contributed by atoms with Gasteiger partial charge in [-0.3, -0.25) is 14.5 Å². The van der Waals surface area contributed by atoms with Crippen LogP contribution in [0.5, 0.6) is 0 Å². The Balaban J connectivity index is 0.00000567. The summed E-state index contributed by atoms with van der Waals surface area (Å²) in [6.45, 7) is 6.62. The molecule has 1 aromatic heterocycles. The SMILES string of the molecule is CC(C)(C)OC(=O)N[C@@H]1C(=O)N2C(C(=O)OC(c3ccccc3)c3ccccc3)=C(C=C3CCN(Cc4cc[n+](Cc5ccc(C(=O)O)cc5)cc4)C3=O)CS[C@H]12.[Br-]. The number of likely N-dealkylation sites (tertiary alicyclic amines) is 1. The van der Waals surface area contributed by atoms with E-state index < -0.39 is 47.1 Å². The second-order valence-electron chi connectivity index (χ2n) is 15.0. The normalized spacial score (nSPS) is 18.4. The first-order valence-electron chi connectivity index (χ1n) is 18.6. The quantitative estimate of drug-likeness (QED) is 0.101. The lowest BCUT2D eigenvalue weighted by atomic mass is 10.00. The number of carboxylic acids is 1. The van der Waals surface area contributed by atoms with Crippen LogP contribution in [-0.2, 0) is 36.9 Å². The summed E-state index contributed by atoms with van der Waals surface area (Å²) in [7, 11) is 0. The van der Waals surface area contributed by atoms with Gasteiger partial charge in [0.1, 0.15) is 22.7 Å². The van der Waals surface area contributed by atoms with Crippen molar-refractivity contribution in [3.05, 3.63) is 160 Å². The highest BCUT2D eigenvalue weighted by Crippen LogP contribution is 2.43. The predicted octanol–water partition coefficient (Wildman–Crippen LogP) is 2.78. The molecule has 3 aliphatic heterocycles. The molecule has 12 nitrogen and oxygen atoms in total. The fourth-order valence-corrected chi connectivity index (χ4v) is 8.28. The monoisotopic (exact) mass is 866 g/mol. The van der Waals surface area contributed by atoms with Crippen LogP contribution in [0, 0.1) is 0 Å². The number of alkyl carbamates (subject to hydrolysis) is 1. The summed E-state index contributed by atoms with van der Waals surface area (Å²) >= 11 is 1.39. The molecule has 7 rings (SSSR count). The molecule has 2 saturated heterocycles. The van der Waals surface area contributed by atoms with E-state index >= 15 is 0 Å². The number of hydrogen-bond acceptors (Lipinski definition) is 8. The average molecular weight is 868 g/mol. The van der Waals surface area contributed by atoms with E-state index in [1.807, 2.05) is 89.8 Å². The second kappa shape index (κ2) is 17.8. The number of carbonyl (C=O) groups excluding carboxylic acids is 4. The van der Waals surface area contributed by atoms with Gasteiger partial charge < -0.3 is 41.8 Å². The highest BCUT2D eigenvalue weighted by molar-refractivity contribution is 8.00. The molecule has 4 aromatic rings. The molecule has 0 spiro atoms. The van der Waals surface area contributed by atoms with Gasteiger partial charge in [-0.1, -0.05) is 72.8 Å². The van der Waals surface area contributed by atoms with E-state index in [0.717, 1.165) is 22.3 Å². The van der Waals surface area contributed by atoms with Crippen molar-refractivity contribution >= 4 is 41.6 Å². The number of pyridine rings is 1. The van der Waals surface area contributed by atoms with Crippen molar-refractivity contribution in [1.82, 2.24) is 15.1 Å². The number of carbonyl (C=O) groups is 5. The van der Waals surface area contributed by atoms with Gasteiger partial charge in [-0.2, -0.15) is 0 Å². The smallest absolute Gasteiger partial charge is 0.408 e. The number of β-lactam (4-membered cyclic amide) rings is 1. The van der Waals surface area contributed by atoms with E-state index in [1.54, 1.807) is 56.0 Å². The molecule has 0 radical (unpaired) electrons. The Morgan fingerprint density at radius 2 is 1.53 bits per heavy atom. The number of aromatic carboxylic acids is 1. The first kappa shape index (κ1) is 41.9. The first-order valence-corrected chi connectivity index (χ1v) is 19.7. The van der Waals surface area contributed by atoms with Gasteiger partial charge in [-0.05, 0) is 67.7 Å². The summed E-state index contributed by atoms with van der Waals surface area (Å²) in [5.74, 6) is -2.03. The molecule has 0 unspecified atom stereocenters. The first-order chi connectivity index (χ1) is 27.3. The minimum atomic E-state index is -0.969. The van der Waals surface area contributed by atoms with Crippen molar-refractivity contribution in [3.63, 3.8) is 0 Å². The maximum absolute atomic E-state index is 14.4. The zero-order valence-electron chi connectivity index (χ0n) is 32.2. The Hall–Kier alpha value is -5.73. The number of amides is 3. The van der Waals surface area contributed by atoms with E-state index in [4.69, 9.17) is 14.6 Å². The van der Waals surface area contributed by atoms with E-state index in [-0.39, 0.29) is 34.1 Å². The summed E-state index contributed by atoms with van der Waals surface area (Å²) in [5, 5.41) is 11.3. The van der Waals surface area contributed by atoms with Gasteiger partial charge in [0.15, 0.2) is 25.0 Å². The summed E-state index contributed by atoms with van der Waals surface area (Å²) in [6, 6.07) is 28.4. The molecule has 2 fully saturated rings. The number of fused-ring (bicyclic) bond motifs is 1. The van der Waals surface area contributed by atoms with Gasteiger partial charge in [0.25, 0.3) is 5.91 Å². The molecule has 300 valence electrons. The third-order valence-corrected chi connectivity index (χ3v) is 11.1. The topological polar surface area (TPSA) is 146 Å². The average Bonchev–Trinajstić information content (AvgIpc) is 3.53. The highest BCUT2D eigenvalue weighted by atomic mass is 79.9. The number of carboxylic acid groups (broad SMARTS) is 1. The van der Waals surface area contributed by atoms with Crippen molar-refractivity contribution in [1.29, 1.82) is 0 Å². The number of benzene rings is 3. The largest absolute Gasteiger partial charge is 1.00 e. The number of ether oxygens (including phenoxy) is 2. The molecular weight excluding hydrogens is 824 g/mol. The summed E-state index contributed by atoms with van der Waals surface area (Å²) in [4.78, 5) is 69.0. The number of halogens is 1. The van der Waals surface area contributed by atoms with Crippen molar-refractivity contribution in [2.24, 2.45) is 0 Å². The number of thioether (sulfide) groups is 1. The van der Waals surface area contributed by atoms with Crippen molar-refractivity contribution in [3.8, 4) is 0 Å². The molecule has 3 aromatic carbocycles. The van der Waals surface area contributed by atoms with E-state index in [0.29, 0.717) is 43.0 Å². The lowest BCUT2D eigenvalue weighted by Crippen LogP contribution is -3.00. The number of rotatable bonds is 11. The summed E-state index contributed by atoms with van der Waals surface area (Å²) in [6.07, 6.45) is 4.51. The van der Waals surface area contributed by atoms with Crippen LogP contribution in [0.2, 0.25) is 0 Å². The molecule has 4 heterocycles. The standard InChI is InChI=1S/C44H42N4O8S.BrH/c1-44(2,3)56-43(54)45-35-39(50)48-36(42(53)55-37(30-10-6-4-7-11-30)31-12-8-5-9-13-31)34(27-57-40(35)48)24-33-20-23-47(38(33)49)26-29-18-21-46(22-19-29)25-28-14-16-32(17-15-28)41(51)52;/h4-19,21-22,24,35,37,40H,20,23,25-27H2,1-3H3,(H-,45,51,52,54);1H/t35-,40-;/m1./s1. The van der Waals surface area contributed by atoms with Crippen molar-refractivity contribution in [2.75, 3.05) is 12.3 Å². The molecule has 58 heavy (non-hydrogen) atoms. The van der Waals surface area contributed by atoms with Crippen LogP contribution in [0.1, 0.15) is 65.9 Å². The maximum atomic E-state index is 14.4. The van der Waals surface area contributed by atoms with Crippen molar-refractivity contribution < 1.29 is 60.1 Å². The number of hydrogen-bond donors (Lipinski definition) is 2. The molecule has 0 saturated carbocycles. The number of esters is 1. The van der Waals surface area contributed by atoms with Crippen molar-refractivity contribution in [2.45, 2.75) is 63.4 Å². The van der Waals surface area contributed by atoms with Crippen LogP contribution in [0.4, 0.5) is 4.79 Å².